The number of carbonyl (C=O) groups is 1. The lowest BCUT2D eigenvalue weighted by Crippen LogP contribution is -2.28. The third kappa shape index (κ3) is 2.94. The first-order chi connectivity index (χ1) is 7.54. The van der Waals surface area contributed by atoms with Gasteiger partial charge in [-0.1, -0.05) is 6.92 Å². The summed E-state index contributed by atoms with van der Waals surface area (Å²) >= 11 is 0. The van der Waals surface area contributed by atoms with Gasteiger partial charge in [0.05, 0.1) is 4.92 Å². The molecule has 0 fully saturated rings. The van der Waals surface area contributed by atoms with Crippen molar-refractivity contribution in [2.75, 3.05) is 5.32 Å². The van der Waals surface area contributed by atoms with E-state index in [1.54, 1.807) is 6.92 Å². The summed E-state index contributed by atoms with van der Waals surface area (Å²) in [4.78, 5) is 20.6. The number of benzene rings is 1. The molecule has 1 aromatic rings. The van der Waals surface area contributed by atoms with Gasteiger partial charge in [-0.25, -0.2) is 4.79 Å². The normalized spacial score (nSPS) is 11.8. The number of carboxylic acids is 1. The molecule has 1 atom stereocenters. The maximum atomic E-state index is 10.7. The topological polar surface area (TPSA) is 92.5 Å². The van der Waals surface area contributed by atoms with E-state index in [4.69, 9.17) is 5.11 Å². The van der Waals surface area contributed by atoms with Gasteiger partial charge in [-0.3, -0.25) is 10.1 Å². The van der Waals surface area contributed by atoms with Crippen LogP contribution >= 0.6 is 0 Å². The van der Waals surface area contributed by atoms with Crippen LogP contribution in [0.2, 0.25) is 0 Å². The van der Waals surface area contributed by atoms with Crippen LogP contribution in [0, 0.1) is 10.1 Å². The third-order valence-electron chi connectivity index (χ3n) is 2.13. The Kier molecular flexibility index (Phi) is 3.82. The molecule has 0 saturated heterocycles. The van der Waals surface area contributed by atoms with Crippen LogP contribution in [0.3, 0.4) is 0 Å². The Labute approximate surface area is 92.0 Å². The summed E-state index contributed by atoms with van der Waals surface area (Å²) in [6.07, 6.45) is 0.437. The van der Waals surface area contributed by atoms with Crippen LogP contribution in [-0.2, 0) is 4.79 Å². The van der Waals surface area contributed by atoms with Crippen LogP contribution in [0.25, 0.3) is 0 Å². The highest BCUT2D eigenvalue weighted by atomic mass is 16.6. The average molecular weight is 224 g/mol. The van der Waals surface area contributed by atoms with Gasteiger partial charge >= 0.3 is 5.97 Å². The molecule has 0 aliphatic carbocycles. The number of hydrogen-bond acceptors (Lipinski definition) is 4. The van der Waals surface area contributed by atoms with Crippen molar-refractivity contribution in [1.82, 2.24) is 0 Å². The standard InChI is InChI=1S/C10H12N2O4/c1-2-9(10(13)14)11-7-3-5-8(6-4-7)12(15)16/h3-6,9,11H,2H2,1H3,(H,13,14). The third-order valence-corrected chi connectivity index (χ3v) is 2.13. The van der Waals surface area contributed by atoms with Crippen molar-refractivity contribution in [3.63, 3.8) is 0 Å². The Morgan fingerprint density at radius 2 is 2.06 bits per heavy atom. The second-order valence-corrected chi connectivity index (χ2v) is 3.25. The molecule has 0 spiro atoms. The van der Waals surface area contributed by atoms with Crippen LogP contribution in [0.15, 0.2) is 24.3 Å². The second kappa shape index (κ2) is 5.11. The number of non-ortho nitro benzene ring substituents is 1. The molecule has 0 bridgehead atoms. The Hall–Kier alpha value is -2.11. The second-order valence-electron chi connectivity index (χ2n) is 3.25. The van der Waals surface area contributed by atoms with E-state index in [0.717, 1.165) is 0 Å². The van der Waals surface area contributed by atoms with Gasteiger partial charge in [0.1, 0.15) is 6.04 Å². The molecule has 1 rings (SSSR count). The average Bonchev–Trinajstić information content (AvgIpc) is 2.26. The van der Waals surface area contributed by atoms with Gasteiger partial charge in [-0.05, 0) is 18.6 Å². The van der Waals surface area contributed by atoms with Crippen LogP contribution < -0.4 is 5.32 Å². The fraction of sp³-hybridized carbons (Fsp3) is 0.300. The van der Waals surface area contributed by atoms with E-state index in [1.165, 1.54) is 24.3 Å². The number of nitrogens with one attached hydrogen (secondary N) is 1. The first kappa shape index (κ1) is 12.0. The molecule has 0 saturated carbocycles. The summed E-state index contributed by atoms with van der Waals surface area (Å²) in [5, 5.41) is 22.0. The van der Waals surface area contributed by atoms with Crippen molar-refractivity contribution in [1.29, 1.82) is 0 Å². The number of anilines is 1. The Morgan fingerprint density at radius 3 is 2.44 bits per heavy atom. The highest BCUT2D eigenvalue weighted by Crippen LogP contribution is 2.16. The number of carboxylic acid groups (broad SMARTS) is 1. The summed E-state index contributed by atoms with van der Waals surface area (Å²) in [5.41, 5.74) is 0.536. The fourth-order valence-corrected chi connectivity index (χ4v) is 1.22. The SMILES string of the molecule is CCC(Nc1ccc([N+](=O)[O-])cc1)C(=O)O. The lowest BCUT2D eigenvalue weighted by molar-refractivity contribution is -0.384. The monoisotopic (exact) mass is 224 g/mol. The molecule has 86 valence electrons. The summed E-state index contributed by atoms with van der Waals surface area (Å²) in [5.74, 6) is -0.944. The number of hydrogen-bond donors (Lipinski definition) is 2. The molecular weight excluding hydrogens is 212 g/mol. The van der Waals surface area contributed by atoms with Crippen LogP contribution in [-0.4, -0.2) is 22.0 Å². The molecule has 0 radical (unpaired) electrons. The zero-order valence-electron chi connectivity index (χ0n) is 8.71. The lowest BCUT2D eigenvalue weighted by Gasteiger charge is -2.13. The van der Waals surface area contributed by atoms with Gasteiger partial charge in [-0.2, -0.15) is 0 Å². The molecule has 0 aliphatic heterocycles. The largest absolute Gasteiger partial charge is 0.480 e. The van der Waals surface area contributed by atoms with Crippen molar-refractivity contribution < 1.29 is 14.8 Å². The molecule has 2 N–H and O–H groups in total. The van der Waals surface area contributed by atoms with E-state index >= 15 is 0 Å². The molecule has 0 aliphatic rings. The first-order valence-electron chi connectivity index (χ1n) is 4.78. The van der Waals surface area contributed by atoms with Crippen LogP contribution in [0.5, 0.6) is 0 Å². The molecule has 16 heavy (non-hydrogen) atoms. The van der Waals surface area contributed by atoms with Crippen molar-refractivity contribution in [2.24, 2.45) is 0 Å². The predicted octanol–water partition coefficient (Wildman–Crippen LogP) is 1.87. The van der Waals surface area contributed by atoms with E-state index < -0.39 is 16.9 Å². The minimum absolute atomic E-state index is 0.0195. The molecule has 1 unspecified atom stereocenters. The minimum atomic E-state index is -0.944. The maximum absolute atomic E-state index is 10.7. The van der Waals surface area contributed by atoms with Crippen LogP contribution in [0.1, 0.15) is 13.3 Å². The maximum Gasteiger partial charge on any atom is 0.326 e. The lowest BCUT2D eigenvalue weighted by atomic mass is 10.2. The van der Waals surface area contributed by atoms with Gasteiger partial charge in [0.15, 0.2) is 0 Å². The van der Waals surface area contributed by atoms with Crippen molar-refractivity contribution in [3.05, 3.63) is 34.4 Å². The summed E-state index contributed by atoms with van der Waals surface area (Å²) in [6.45, 7) is 1.75. The number of rotatable bonds is 5. The Bertz CT molecular complexity index is 388. The van der Waals surface area contributed by atoms with Gasteiger partial charge in [0.2, 0.25) is 0 Å². The van der Waals surface area contributed by atoms with E-state index in [9.17, 15) is 14.9 Å². The van der Waals surface area contributed by atoms with Gasteiger partial charge in [-0.15, -0.1) is 0 Å². The van der Waals surface area contributed by atoms with E-state index in [1.807, 2.05) is 0 Å². The number of aliphatic carboxylic acids is 1. The smallest absolute Gasteiger partial charge is 0.326 e. The molecule has 0 heterocycles. The van der Waals surface area contributed by atoms with Crippen molar-refractivity contribution >= 4 is 17.3 Å². The number of nitro groups is 1. The van der Waals surface area contributed by atoms with Gasteiger partial charge in [0.25, 0.3) is 5.69 Å². The zero-order chi connectivity index (χ0) is 12.1. The van der Waals surface area contributed by atoms with Crippen LogP contribution in [0.4, 0.5) is 11.4 Å². The van der Waals surface area contributed by atoms with E-state index in [-0.39, 0.29) is 5.69 Å². The summed E-state index contributed by atoms with van der Waals surface area (Å²) in [7, 11) is 0. The highest BCUT2D eigenvalue weighted by Gasteiger charge is 2.14. The van der Waals surface area contributed by atoms with Gasteiger partial charge < -0.3 is 10.4 Å². The minimum Gasteiger partial charge on any atom is -0.480 e. The molecule has 1 aromatic carbocycles. The molecule has 6 heteroatoms. The zero-order valence-corrected chi connectivity index (χ0v) is 8.71. The predicted molar refractivity (Wildman–Crippen MR) is 58.4 cm³/mol. The quantitative estimate of drug-likeness (QED) is 0.588. The van der Waals surface area contributed by atoms with Gasteiger partial charge in [0, 0.05) is 17.8 Å². The highest BCUT2D eigenvalue weighted by molar-refractivity contribution is 5.77. The number of nitrogens with zero attached hydrogens (tertiary/aromatic N) is 1. The Morgan fingerprint density at radius 1 is 1.50 bits per heavy atom. The fourth-order valence-electron chi connectivity index (χ4n) is 1.22. The molecular formula is C10H12N2O4. The number of nitro benzene ring substituents is 1. The first-order valence-corrected chi connectivity index (χ1v) is 4.78. The molecule has 0 aromatic heterocycles. The molecule has 6 nitrogen and oxygen atoms in total. The van der Waals surface area contributed by atoms with Crippen molar-refractivity contribution in [2.45, 2.75) is 19.4 Å². The summed E-state index contributed by atoms with van der Waals surface area (Å²) < 4.78 is 0. The van der Waals surface area contributed by atoms with Crippen molar-refractivity contribution in [3.8, 4) is 0 Å². The van der Waals surface area contributed by atoms with E-state index in [0.29, 0.717) is 12.1 Å². The molecule has 0 amide bonds. The van der Waals surface area contributed by atoms with E-state index in [2.05, 4.69) is 5.32 Å². The summed E-state index contributed by atoms with van der Waals surface area (Å²) in [6, 6.07) is 4.96. The Balaban J connectivity index is 2.75.